The molecule has 0 unspecified atom stereocenters. The largest absolute Gasteiger partial charge is 0.299 e. The number of aryl methyl sites for hydroxylation is 1. The van der Waals surface area contributed by atoms with Crippen LogP contribution >= 0.6 is 34.5 Å². The van der Waals surface area contributed by atoms with E-state index in [-0.39, 0.29) is 25.8 Å². The monoisotopic (exact) mass is 532 g/mol. The number of hydrogen-bond donors (Lipinski definition) is 1. The van der Waals surface area contributed by atoms with Gasteiger partial charge < -0.3 is 0 Å². The molecule has 0 radical (unpaired) electrons. The molecular formula is C23H18Cl2N4O3S2. The first-order valence-corrected chi connectivity index (χ1v) is 13.0. The molecule has 1 N–H and O–H groups in total. The summed E-state index contributed by atoms with van der Waals surface area (Å²) in [5.74, 6) is -0.609. The van der Waals surface area contributed by atoms with Gasteiger partial charge in [0, 0.05) is 5.56 Å². The number of sulfonamides is 1. The second-order valence-electron chi connectivity index (χ2n) is 7.22. The summed E-state index contributed by atoms with van der Waals surface area (Å²) in [6, 6.07) is 20.1. The van der Waals surface area contributed by atoms with Crippen molar-refractivity contribution in [1.82, 2.24) is 10.2 Å². The maximum atomic E-state index is 13.4. The van der Waals surface area contributed by atoms with E-state index in [0.717, 1.165) is 15.4 Å². The van der Waals surface area contributed by atoms with Gasteiger partial charge in [-0.2, -0.15) is 0 Å². The third-order valence-corrected chi connectivity index (χ3v) is 8.26. The van der Waals surface area contributed by atoms with Gasteiger partial charge in [-0.1, -0.05) is 88.6 Å². The Kier molecular flexibility index (Phi) is 7.18. The Bertz CT molecular complexity index is 1430. The molecule has 1 heterocycles. The fourth-order valence-corrected chi connectivity index (χ4v) is 5.75. The van der Waals surface area contributed by atoms with E-state index in [4.69, 9.17) is 23.2 Å². The second-order valence-corrected chi connectivity index (χ2v) is 10.8. The summed E-state index contributed by atoms with van der Waals surface area (Å²) in [5.41, 5.74) is 2.06. The van der Waals surface area contributed by atoms with Crippen LogP contribution in [0.3, 0.4) is 0 Å². The van der Waals surface area contributed by atoms with E-state index >= 15 is 0 Å². The Hall–Kier alpha value is -2.98. The molecule has 0 saturated carbocycles. The lowest BCUT2D eigenvalue weighted by molar-refractivity contribution is -0.114. The first-order chi connectivity index (χ1) is 16.3. The maximum absolute atomic E-state index is 13.4. The zero-order valence-corrected chi connectivity index (χ0v) is 20.9. The Labute approximate surface area is 211 Å². The van der Waals surface area contributed by atoms with Gasteiger partial charge in [-0.25, -0.2) is 8.42 Å². The van der Waals surface area contributed by atoms with Crippen LogP contribution in [0.5, 0.6) is 0 Å². The molecule has 4 aromatic rings. The van der Waals surface area contributed by atoms with E-state index < -0.39 is 22.5 Å². The van der Waals surface area contributed by atoms with Crippen molar-refractivity contribution in [3.05, 3.63) is 88.4 Å². The SMILES string of the molecule is Cc1ccc(-c2nnc(NC(=O)CN(c3cccc(Cl)c3Cl)S(=O)(=O)c3ccccc3)s2)cc1. The van der Waals surface area contributed by atoms with Crippen LogP contribution < -0.4 is 9.62 Å². The topological polar surface area (TPSA) is 92.3 Å². The van der Waals surface area contributed by atoms with E-state index in [0.29, 0.717) is 5.01 Å². The van der Waals surface area contributed by atoms with Gasteiger partial charge in [0.05, 0.1) is 20.6 Å². The van der Waals surface area contributed by atoms with Crippen molar-refractivity contribution in [3.8, 4) is 10.6 Å². The fraction of sp³-hybridized carbons (Fsp3) is 0.0870. The molecule has 0 aliphatic heterocycles. The molecule has 0 aliphatic rings. The van der Waals surface area contributed by atoms with Gasteiger partial charge >= 0.3 is 0 Å². The van der Waals surface area contributed by atoms with Gasteiger partial charge in [-0.05, 0) is 31.2 Å². The van der Waals surface area contributed by atoms with E-state index in [1.807, 2.05) is 31.2 Å². The van der Waals surface area contributed by atoms with Crippen molar-refractivity contribution in [2.75, 3.05) is 16.2 Å². The van der Waals surface area contributed by atoms with Crippen LogP contribution in [0.15, 0.2) is 77.7 Å². The summed E-state index contributed by atoms with van der Waals surface area (Å²) in [6.07, 6.45) is 0. The van der Waals surface area contributed by atoms with Gasteiger partial charge in [0.15, 0.2) is 0 Å². The third-order valence-electron chi connectivity index (χ3n) is 4.79. The van der Waals surface area contributed by atoms with E-state index in [1.54, 1.807) is 24.3 Å². The maximum Gasteiger partial charge on any atom is 0.264 e. The van der Waals surface area contributed by atoms with Gasteiger partial charge in [-0.15, -0.1) is 10.2 Å². The Morgan fingerprint density at radius 2 is 1.68 bits per heavy atom. The minimum atomic E-state index is -4.13. The van der Waals surface area contributed by atoms with Gasteiger partial charge in [-0.3, -0.25) is 14.4 Å². The summed E-state index contributed by atoms with van der Waals surface area (Å²) in [4.78, 5) is 12.9. The van der Waals surface area contributed by atoms with Crippen LogP contribution in [0.25, 0.3) is 10.6 Å². The van der Waals surface area contributed by atoms with Crippen LogP contribution in [-0.2, 0) is 14.8 Å². The molecule has 0 aliphatic carbocycles. The van der Waals surface area contributed by atoms with Gasteiger partial charge in [0.2, 0.25) is 11.0 Å². The number of nitrogens with zero attached hydrogens (tertiary/aromatic N) is 3. The molecule has 0 fully saturated rings. The zero-order valence-electron chi connectivity index (χ0n) is 17.8. The van der Waals surface area contributed by atoms with Crippen LogP contribution in [0.1, 0.15) is 5.56 Å². The second kappa shape index (κ2) is 10.1. The number of carbonyl (C=O) groups excluding carboxylic acids is 1. The lowest BCUT2D eigenvalue weighted by Crippen LogP contribution is -2.38. The zero-order chi connectivity index (χ0) is 24.3. The lowest BCUT2D eigenvalue weighted by atomic mass is 10.2. The standard InChI is InChI=1S/C23H18Cl2N4O3S2/c1-15-10-12-16(13-11-15)22-27-28-23(33-22)26-20(30)14-29(19-9-5-8-18(24)21(19)25)34(31,32)17-6-3-2-4-7-17/h2-13H,14H2,1H3,(H,26,28,30). The average Bonchev–Trinajstić information content (AvgIpc) is 3.29. The van der Waals surface area contributed by atoms with Crippen LogP contribution in [0.2, 0.25) is 10.0 Å². The molecule has 174 valence electrons. The number of rotatable bonds is 7. The van der Waals surface area contributed by atoms with Crippen LogP contribution in [0, 0.1) is 6.92 Å². The predicted octanol–water partition coefficient (Wildman–Crippen LogP) is 5.65. The normalized spacial score (nSPS) is 11.3. The quantitative estimate of drug-likeness (QED) is 0.331. The van der Waals surface area contributed by atoms with E-state index in [9.17, 15) is 13.2 Å². The van der Waals surface area contributed by atoms with Crippen molar-refractivity contribution in [2.45, 2.75) is 11.8 Å². The Morgan fingerprint density at radius 1 is 0.971 bits per heavy atom. The highest BCUT2D eigenvalue weighted by Crippen LogP contribution is 2.35. The summed E-state index contributed by atoms with van der Waals surface area (Å²) in [7, 11) is -4.13. The van der Waals surface area contributed by atoms with Crippen LogP contribution in [-0.4, -0.2) is 31.1 Å². The third kappa shape index (κ3) is 5.23. The molecular weight excluding hydrogens is 515 g/mol. The average molecular weight is 533 g/mol. The number of halogens is 2. The van der Waals surface area contributed by atoms with Gasteiger partial charge in [0.25, 0.3) is 10.0 Å². The molecule has 3 aromatic carbocycles. The molecule has 11 heteroatoms. The minimum absolute atomic E-state index is 0.0106. The van der Waals surface area contributed by atoms with Crippen molar-refractivity contribution in [2.24, 2.45) is 0 Å². The number of nitrogens with one attached hydrogen (secondary N) is 1. The molecule has 0 atom stereocenters. The van der Waals surface area contributed by atoms with Crippen molar-refractivity contribution < 1.29 is 13.2 Å². The molecule has 34 heavy (non-hydrogen) atoms. The molecule has 0 spiro atoms. The van der Waals surface area contributed by atoms with Crippen molar-refractivity contribution in [1.29, 1.82) is 0 Å². The van der Waals surface area contributed by atoms with Crippen molar-refractivity contribution in [3.63, 3.8) is 0 Å². The molecule has 0 saturated heterocycles. The number of benzene rings is 3. The summed E-state index contributed by atoms with van der Waals surface area (Å²) in [6.45, 7) is 1.44. The minimum Gasteiger partial charge on any atom is -0.299 e. The molecule has 0 bridgehead atoms. The Balaban J connectivity index is 1.61. The molecule has 7 nitrogen and oxygen atoms in total. The van der Waals surface area contributed by atoms with Crippen LogP contribution in [0.4, 0.5) is 10.8 Å². The number of anilines is 2. The fourth-order valence-electron chi connectivity index (χ4n) is 3.08. The van der Waals surface area contributed by atoms with E-state index in [1.165, 1.54) is 35.6 Å². The number of carbonyl (C=O) groups is 1. The smallest absolute Gasteiger partial charge is 0.264 e. The predicted molar refractivity (Wildman–Crippen MR) is 136 cm³/mol. The lowest BCUT2D eigenvalue weighted by Gasteiger charge is -2.25. The first-order valence-electron chi connectivity index (χ1n) is 9.98. The molecule has 1 aromatic heterocycles. The summed E-state index contributed by atoms with van der Waals surface area (Å²) < 4.78 is 27.8. The molecule has 1 amide bonds. The number of hydrogen-bond acceptors (Lipinski definition) is 6. The highest BCUT2D eigenvalue weighted by molar-refractivity contribution is 7.92. The Morgan fingerprint density at radius 3 is 2.38 bits per heavy atom. The summed E-state index contributed by atoms with van der Waals surface area (Å²) in [5, 5.41) is 11.8. The van der Waals surface area contributed by atoms with E-state index in [2.05, 4.69) is 15.5 Å². The first kappa shape index (κ1) is 24.2. The number of amides is 1. The number of aromatic nitrogens is 2. The van der Waals surface area contributed by atoms with Crippen molar-refractivity contribution >= 4 is 61.3 Å². The summed E-state index contributed by atoms with van der Waals surface area (Å²) >= 11 is 13.6. The molecule has 4 rings (SSSR count). The highest BCUT2D eigenvalue weighted by Gasteiger charge is 2.29. The van der Waals surface area contributed by atoms with Gasteiger partial charge in [0.1, 0.15) is 11.6 Å². The highest BCUT2D eigenvalue weighted by atomic mass is 35.5.